The highest BCUT2D eigenvalue weighted by molar-refractivity contribution is 7.98. The molecule has 0 fully saturated rings. The number of alkyl carbamates (subject to hydrolysis) is 1. The van der Waals surface area contributed by atoms with E-state index in [9.17, 15) is 9.59 Å². The van der Waals surface area contributed by atoms with Gasteiger partial charge < -0.3 is 15.4 Å². The number of rotatable bonds is 13. The van der Waals surface area contributed by atoms with E-state index in [4.69, 9.17) is 4.74 Å². The van der Waals surface area contributed by atoms with Crippen LogP contribution < -0.4 is 10.6 Å². The maximum absolute atomic E-state index is 13.2. The van der Waals surface area contributed by atoms with Gasteiger partial charge in [0.2, 0.25) is 5.91 Å². The summed E-state index contributed by atoms with van der Waals surface area (Å²) < 4.78 is 5.41. The largest absolute Gasteiger partial charge is 0.450 e. The predicted molar refractivity (Wildman–Crippen MR) is 157 cm³/mol. The van der Waals surface area contributed by atoms with Crippen molar-refractivity contribution < 1.29 is 14.3 Å². The highest BCUT2D eigenvalue weighted by atomic mass is 32.2. The van der Waals surface area contributed by atoms with Gasteiger partial charge in [-0.05, 0) is 59.7 Å². The van der Waals surface area contributed by atoms with Crippen LogP contribution in [0.15, 0.2) is 103 Å². The lowest BCUT2D eigenvalue weighted by molar-refractivity contribution is -0.117. The van der Waals surface area contributed by atoms with E-state index >= 15 is 0 Å². The number of hydrogen-bond donors (Lipinski definition) is 2. The van der Waals surface area contributed by atoms with E-state index in [-0.39, 0.29) is 5.91 Å². The standard InChI is InChI=1S/C32H34N2O3S/c35-31(33-29-20-19-27-17-9-10-18-28(27)22-29)30(24-38-23-26-15-6-2-7-16-26)34-32(36)37-21-11-3-8-14-25-12-4-1-5-13-25/h1-2,4-7,9-10,12-13,15-20,22,30H,3,8,11,14,21,23-24H2,(H,33,35)(H,34,36). The van der Waals surface area contributed by atoms with Crippen molar-refractivity contribution in [3.63, 3.8) is 0 Å². The third-order valence-corrected chi connectivity index (χ3v) is 7.31. The van der Waals surface area contributed by atoms with E-state index in [0.29, 0.717) is 18.0 Å². The minimum atomic E-state index is -0.722. The number of fused-ring (bicyclic) bond motifs is 1. The Hall–Kier alpha value is -3.77. The highest BCUT2D eigenvalue weighted by Gasteiger charge is 2.22. The van der Waals surface area contributed by atoms with Crippen molar-refractivity contribution >= 4 is 40.2 Å². The molecule has 4 aromatic carbocycles. The van der Waals surface area contributed by atoms with Gasteiger partial charge in [-0.15, -0.1) is 0 Å². The van der Waals surface area contributed by atoms with Gasteiger partial charge in [-0.1, -0.05) is 91.0 Å². The Kier molecular flexibility index (Phi) is 10.6. The second-order valence-corrected chi connectivity index (χ2v) is 10.2. The molecular formula is C32H34N2O3S. The minimum absolute atomic E-state index is 0.263. The quantitative estimate of drug-likeness (QED) is 0.181. The summed E-state index contributed by atoms with van der Waals surface area (Å²) in [6.45, 7) is 0.330. The highest BCUT2D eigenvalue weighted by Crippen LogP contribution is 2.20. The summed E-state index contributed by atoms with van der Waals surface area (Å²) in [5.74, 6) is 0.916. The molecule has 0 aliphatic carbocycles. The van der Waals surface area contributed by atoms with E-state index in [1.54, 1.807) is 11.8 Å². The number of ether oxygens (including phenoxy) is 1. The fraction of sp³-hybridized carbons (Fsp3) is 0.250. The van der Waals surface area contributed by atoms with Crippen LogP contribution in [0.5, 0.6) is 0 Å². The van der Waals surface area contributed by atoms with Gasteiger partial charge in [0.25, 0.3) is 0 Å². The second kappa shape index (κ2) is 14.8. The van der Waals surface area contributed by atoms with Crippen molar-refractivity contribution in [1.82, 2.24) is 5.32 Å². The molecule has 0 bridgehead atoms. The average molecular weight is 527 g/mol. The molecule has 5 nitrogen and oxygen atoms in total. The molecule has 0 saturated carbocycles. The maximum atomic E-state index is 13.2. The topological polar surface area (TPSA) is 67.4 Å². The van der Waals surface area contributed by atoms with Gasteiger partial charge in [0.1, 0.15) is 6.04 Å². The number of unbranched alkanes of at least 4 members (excludes halogenated alkanes) is 2. The van der Waals surface area contributed by atoms with Crippen molar-refractivity contribution in [2.45, 2.75) is 37.5 Å². The number of amides is 2. The molecule has 1 unspecified atom stereocenters. The molecule has 196 valence electrons. The molecule has 6 heteroatoms. The zero-order valence-electron chi connectivity index (χ0n) is 21.5. The summed E-state index contributed by atoms with van der Waals surface area (Å²) in [6, 6.07) is 33.5. The van der Waals surface area contributed by atoms with E-state index in [1.165, 1.54) is 11.1 Å². The first-order valence-electron chi connectivity index (χ1n) is 13.1. The van der Waals surface area contributed by atoms with E-state index in [0.717, 1.165) is 42.2 Å². The van der Waals surface area contributed by atoms with Crippen LogP contribution >= 0.6 is 11.8 Å². The number of carbonyl (C=O) groups excluding carboxylic acids is 2. The zero-order valence-corrected chi connectivity index (χ0v) is 22.3. The fourth-order valence-electron chi connectivity index (χ4n) is 4.15. The first kappa shape index (κ1) is 27.3. The number of carbonyl (C=O) groups is 2. The van der Waals surface area contributed by atoms with Crippen LogP contribution in [0.25, 0.3) is 10.8 Å². The Bertz CT molecular complexity index is 1300. The normalized spacial score (nSPS) is 11.6. The first-order valence-corrected chi connectivity index (χ1v) is 14.2. The summed E-state index contributed by atoms with van der Waals surface area (Å²) in [5.41, 5.74) is 3.18. The average Bonchev–Trinajstić information content (AvgIpc) is 2.95. The molecular weight excluding hydrogens is 492 g/mol. The summed E-state index contributed by atoms with van der Waals surface area (Å²) in [4.78, 5) is 25.7. The number of aryl methyl sites for hydroxylation is 1. The number of anilines is 1. The van der Waals surface area contributed by atoms with Crippen LogP contribution in [0, 0.1) is 0 Å². The monoisotopic (exact) mass is 526 g/mol. The maximum Gasteiger partial charge on any atom is 0.407 e. The van der Waals surface area contributed by atoms with Crippen LogP contribution in [0.3, 0.4) is 0 Å². The molecule has 0 aliphatic rings. The van der Waals surface area contributed by atoms with Crippen molar-refractivity contribution in [1.29, 1.82) is 0 Å². The molecule has 0 heterocycles. The molecule has 1 atom stereocenters. The smallest absolute Gasteiger partial charge is 0.407 e. The summed E-state index contributed by atoms with van der Waals surface area (Å²) >= 11 is 1.60. The number of benzene rings is 4. The molecule has 4 aromatic rings. The van der Waals surface area contributed by atoms with Gasteiger partial charge in [-0.25, -0.2) is 4.79 Å². The number of nitrogens with one attached hydrogen (secondary N) is 2. The van der Waals surface area contributed by atoms with Crippen LogP contribution in [0.4, 0.5) is 10.5 Å². The predicted octanol–water partition coefficient (Wildman–Crippen LogP) is 7.22. The second-order valence-electron chi connectivity index (χ2n) is 9.18. The lowest BCUT2D eigenvalue weighted by Gasteiger charge is -2.18. The molecule has 0 radical (unpaired) electrons. The fourth-order valence-corrected chi connectivity index (χ4v) is 5.17. The Morgan fingerprint density at radius 1 is 0.737 bits per heavy atom. The van der Waals surface area contributed by atoms with Gasteiger partial charge >= 0.3 is 6.09 Å². The molecule has 0 spiro atoms. The van der Waals surface area contributed by atoms with Gasteiger partial charge in [0, 0.05) is 17.2 Å². The Morgan fingerprint density at radius 3 is 2.18 bits per heavy atom. The number of hydrogen-bond acceptors (Lipinski definition) is 4. The van der Waals surface area contributed by atoms with Crippen molar-refractivity contribution in [3.8, 4) is 0 Å². The van der Waals surface area contributed by atoms with Gasteiger partial charge in [-0.3, -0.25) is 4.79 Å². The van der Waals surface area contributed by atoms with E-state index in [2.05, 4.69) is 34.9 Å². The van der Waals surface area contributed by atoms with E-state index < -0.39 is 12.1 Å². The van der Waals surface area contributed by atoms with Crippen LogP contribution in [0.2, 0.25) is 0 Å². The number of thioether (sulfide) groups is 1. The molecule has 2 amide bonds. The van der Waals surface area contributed by atoms with E-state index in [1.807, 2.05) is 78.9 Å². The Morgan fingerprint density at radius 2 is 1.42 bits per heavy atom. The molecule has 4 rings (SSSR count). The minimum Gasteiger partial charge on any atom is -0.450 e. The lowest BCUT2D eigenvalue weighted by Crippen LogP contribution is -2.45. The van der Waals surface area contributed by atoms with Crippen LogP contribution in [0.1, 0.15) is 30.4 Å². The van der Waals surface area contributed by atoms with Crippen molar-refractivity contribution in [2.24, 2.45) is 0 Å². The van der Waals surface area contributed by atoms with Crippen molar-refractivity contribution in [2.75, 3.05) is 17.7 Å². The third-order valence-electron chi connectivity index (χ3n) is 6.21. The summed E-state index contributed by atoms with van der Waals surface area (Å²) in [6.07, 6.45) is 3.26. The molecule has 2 N–H and O–H groups in total. The lowest BCUT2D eigenvalue weighted by atomic mass is 10.1. The Labute approximate surface area is 229 Å². The van der Waals surface area contributed by atoms with Crippen LogP contribution in [-0.4, -0.2) is 30.4 Å². The Balaban J connectivity index is 1.27. The third kappa shape index (κ3) is 8.96. The van der Waals surface area contributed by atoms with Gasteiger partial charge in [0.05, 0.1) is 6.61 Å². The molecule has 0 aliphatic heterocycles. The van der Waals surface area contributed by atoms with Gasteiger partial charge in [-0.2, -0.15) is 11.8 Å². The first-order chi connectivity index (χ1) is 18.7. The SMILES string of the molecule is O=C(NC(CSCc1ccccc1)C(=O)Nc1ccc2ccccc2c1)OCCCCCc1ccccc1. The summed E-state index contributed by atoms with van der Waals surface area (Å²) in [5, 5.41) is 7.89. The molecule has 0 saturated heterocycles. The van der Waals surface area contributed by atoms with Crippen molar-refractivity contribution in [3.05, 3.63) is 114 Å². The van der Waals surface area contributed by atoms with Gasteiger partial charge in [0.15, 0.2) is 0 Å². The molecule has 38 heavy (non-hydrogen) atoms. The molecule has 0 aromatic heterocycles. The zero-order chi connectivity index (χ0) is 26.4. The summed E-state index contributed by atoms with van der Waals surface area (Å²) in [7, 11) is 0. The van der Waals surface area contributed by atoms with Crippen LogP contribution in [-0.2, 0) is 21.7 Å².